The predicted molar refractivity (Wildman–Crippen MR) is 64.9 cm³/mol. The second kappa shape index (κ2) is 5.39. The van der Waals surface area contributed by atoms with Gasteiger partial charge in [0.05, 0.1) is 11.3 Å². The van der Waals surface area contributed by atoms with Crippen LogP contribution in [0, 0.1) is 0 Å². The normalized spacial score (nSPS) is 12.6. The van der Waals surface area contributed by atoms with Gasteiger partial charge in [0, 0.05) is 11.0 Å². The Balaban J connectivity index is 3.03. The minimum Gasteiger partial charge on any atom is -0.370 e. The molecule has 0 unspecified atom stereocenters. The molecule has 0 fully saturated rings. The maximum Gasteiger partial charge on any atom is 0.416 e. The number of aliphatic imine (C=N–C) groups is 1. The highest BCUT2D eigenvalue weighted by Crippen LogP contribution is 2.33. The summed E-state index contributed by atoms with van der Waals surface area (Å²) in [7, 11) is 0. The van der Waals surface area contributed by atoms with Gasteiger partial charge in [-0.2, -0.15) is 13.2 Å². The Hall–Kier alpha value is -1.24. The van der Waals surface area contributed by atoms with E-state index < -0.39 is 11.7 Å². The maximum absolute atomic E-state index is 12.5. The van der Waals surface area contributed by atoms with Crippen LogP contribution in [0.25, 0.3) is 0 Å². The Morgan fingerprint density at radius 1 is 1.47 bits per heavy atom. The molecule has 1 aromatic carbocycles. The van der Waals surface area contributed by atoms with Gasteiger partial charge < -0.3 is 11.1 Å². The van der Waals surface area contributed by atoms with Crippen molar-refractivity contribution in [3.8, 4) is 0 Å². The standard InChI is InChI=1S/C10H11BrF3N3/c1-2-16-9(15)17-8-5-6(10(12,13)14)3-4-7(8)11/h3-5H,2H2,1H3,(H3,15,16,17). The molecule has 17 heavy (non-hydrogen) atoms. The van der Waals surface area contributed by atoms with Gasteiger partial charge in [0.2, 0.25) is 0 Å². The lowest BCUT2D eigenvalue weighted by Crippen LogP contribution is -2.23. The number of alkyl halides is 3. The summed E-state index contributed by atoms with van der Waals surface area (Å²) >= 11 is 3.14. The Labute approximate surface area is 105 Å². The number of benzene rings is 1. The maximum atomic E-state index is 12.5. The van der Waals surface area contributed by atoms with Crippen molar-refractivity contribution >= 4 is 27.6 Å². The van der Waals surface area contributed by atoms with Crippen LogP contribution in [0.2, 0.25) is 0 Å². The van der Waals surface area contributed by atoms with Crippen molar-refractivity contribution in [1.29, 1.82) is 0 Å². The van der Waals surface area contributed by atoms with Crippen LogP contribution in [0.3, 0.4) is 0 Å². The van der Waals surface area contributed by atoms with Crippen LogP contribution in [-0.2, 0) is 6.18 Å². The molecule has 7 heteroatoms. The summed E-state index contributed by atoms with van der Waals surface area (Å²) < 4.78 is 37.9. The second-order valence-electron chi connectivity index (χ2n) is 3.18. The van der Waals surface area contributed by atoms with E-state index >= 15 is 0 Å². The number of nitrogens with two attached hydrogens (primary N) is 1. The molecule has 0 radical (unpaired) electrons. The molecule has 0 aliphatic carbocycles. The van der Waals surface area contributed by atoms with Crippen LogP contribution < -0.4 is 11.1 Å². The van der Waals surface area contributed by atoms with Gasteiger partial charge in [0.1, 0.15) is 0 Å². The number of nitrogens with zero attached hydrogens (tertiary/aromatic N) is 1. The van der Waals surface area contributed by atoms with Crippen molar-refractivity contribution in [1.82, 2.24) is 0 Å². The Morgan fingerprint density at radius 2 is 2.12 bits per heavy atom. The number of anilines is 1. The van der Waals surface area contributed by atoms with E-state index in [1.165, 1.54) is 6.07 Å². The van der Waals surface area contributed by atoms with Crippen molar-refractivity contribution < 1.29 is 13.2 Å². The van der Waals surface area contributed by atoms with E-state index in [9.17, 15) is 13.2 Å². The zero-order valence-corrected chi connectivity index (χ0v) is 10.6. The summed E-state index contributed by atoms with van der Waals surface area (Å²) in [4.78, 5) is 3.83. The van der Waals surface area contributed by atoms with E-state index in [-0.39, 0.29) is 11.6 Å². The molecule has 0 amide bonds. The number of hydrogen-bond acceptors (Lipinski definition) is 1. The van der Waals surface area contributed by atoms with Crippen molar-refractivity contribution in [2.24, 2.45) is 10.7 Å². The molecule has 0 spiro atoms. The molecule has 0 aliphatic rings. The molecule has 3 N–H and O–H groups in total. The van der Waals surface area contributed by atoms with E-state index in [1.807, 2.05) is 0 Å². The van der Waals surface area contributed by atoms with Crippen molar-refractivity contribution in [3.63, 3.8) is 0 Å². The van der Waals surface area contributed by atoms with Crippen molar-refractivity contribution in [2.75, 3.05) is 11.9 Å². The summed E-state index contributed by atoms with van der Waals surface area (Å²) in [6.45, 7) is 2.23. The van der Waals surface area contributed by atoms with E-state index in [4.69, 9.17) is 5.73 Å². The van der Waals surface area contributed by atoms with Crippen LogP contribution >= 0.6 is 15.9 Å². The molecule has 1 rings (SSSR count). The van der Waals surface area contributed by atoms with Crippen LogP contribution in [0.15, 0.2) is 27.7 Å². The number of halogens is 4. The van der Waals surface area contributed by atoms with E-state index in [1.54, 1.807) is 6.92 Å². The minimum absolute atomic E-state index is 0.0764. The number of hydrogen-bond donors (Lipinski definition) is 2. The van der Waals surface area contributed by atoms with Gasteiger partial charge in [-0.15, -0.1) is 0 Å². The third-order valence-electron chi connectivity index (χ3n) is 1.88. The highest BCUT2D eigenvalue weighted by molar-refractivity contribution is 9.10. The fraction of sp³-hybridized carbons (Fsp3) is 0.300. The van der Waals surface area contributed by atoms with Crippen molar-refractivity contribution in [2.45, 2.75) is 13.1 Å². The van der Waals surface area contributed by atoms with E-state index in [2.05, 4.69) is 26.2 Å². The van der Waals surface area contributed by atoms with Crippen LogP contribution in [0.1, 0.15) is 12.5 Å². The molecular formula is C10H11BrF3N3. The van der Waals surface area contributed by atoms with Gasteiger partial charge in [-0.25, -0.2) is 0 Å². The van der Waals surface area contributed by atoms with E-state index in [0.717, 1.165) is 12.1 Å². The summed E-state index contributed by atoms with van der Waals surface area (Å²) in [5, 5.41) is 2.60. The molecule has 3 nitrogen and oxygen atoms in total. The summed E-state index contributed by atoms with van der Waals surface area (Å²) in [6, 6.07) is 3.27. The van der Waals surface area contributed by atoms with Crippen LogP contribution in [-0.4, -0.2) is 12.5 Å². The number of rotatable bonds is 2. The van der Waals surface area contributed by atoms with E-state index in [0.29, 0.717) is 11.0 Å². The average Bonchev–Trinajstić information content (AvgIpc) is 2.20. The lowest BCUT2D eigenvalue weighted by atomic mass is 10.2. The molecule has 0 atom stereocenters. The zero-order valence-electron chi connectivity index (χ0n) is 8.98. The second-order valence-corrected chi connectivity index (χ2v) is 4.03. The van der Waals surface area contributed by atoms with Gasteiger partial charge in [-0.05, 0) is 41.1 Å². The first-order valence-electron chi connectivity index (χ1n) is 4.78. The smallest absolute Gasteiger partial charge is 0.370 e. The predicted octanol–water partition coefficient (Wildman–Crippen LogP) is 3.21. The zero-order chi connectivity index (χ0) is 13.1. The van der Waals surface area contributed by atoms with Gasteiger partial charge in [0.25, 0.3) is 0 Å². The molecule has 0 aliphatic heterocycles. The van der Waals surface area contributed by atoms with Crippen molar-refractivity contribution in [3.05, 3.63) is 28.2 Å². The molecule has 0 heterocycles. The van der Waals surface area contributed by atoms with Crippen LogP contribution in [0.4, 0.5) is 18.9 Å². The first-order chi connectivity index (χ1) is 7.84. The highest BCUT2D eigenvalue weighted by Gasteiger charge is 2.30. The molecule has 0 saturated heterocycles. The average molecular weight is 310 g/mol. The highest BCUT2D eigenvalue weighted by atomic mass is 79.9. The molecule has 0 aromatic heterocycles. The topological polar surface area (TPSA) is 50.4 Å². The quantitative estimate of drug-likeness (QED) is 0.651. The molecule has 0 saturated carbocycles. The fourth-order valence-electron chi connectivity index (χ4n) is 1.15. The lowest BCUT2D eigenvalue weighted by molar-refractivity contribution is -0.137. The van der Waals surface area contributed by atoms with Gasteiger partial charge in [0.15, 0.2) is 5.96 Å². The molecular weight excluding hydrogens is 299 g/mol. The summed E-state index contributed by atoms with van der Waals surface area (Å²) in [5.41, 5.74) is 4.97. The molecule has 94 valence electrons. The van der Waals surface area contributed by atoms with Gasteiger partial charge >= 0.3 is 6.18 Å². The van der Waals surface area contributed by atoms with Crippen LogP contribution in [0.5, 0.6) is 0 Å². The summed E-state index contributed by atoms with van der Waals surface area (Å²) in [6.07, 6.45) is -4.38. The third kappa shape index (κ3) is 3.92. The Kier molecular flexibility index (Phi) is 4.39. The summed E-state index contributed by atoms with van der Waals surface area (Å²) in [5.74, 6) is 0.0764. The largest absolute Gasteiger partial charge is 0.416 e. The number of guanidine groups is 1. The third-order valence-corrected chi connectivity index (χ3v) is 2.58. The first-order valence-corrected chi connectivity index (χ1v) is 5.57. The minimum atomic E-state index is -4.38. The Bertz CT molecular complexity index is 429. The molecule has 1 aromatic rings. The number of nitrogens with one attached hydrogen (secondary N) is 1. The monoisotopic (exact) mass is 309 g/mol. The van der Waals surface area contributed by atoms with Gasteiger partial charge in [-0.1, -0.05) is 0 Å². The lowest BCUT2D eigenvalue weighted by Gasteiger charge is -2.12. The van der Waals surface area contributed by atoms with Gasteiger partial charge in [-0.3, -0.25) is 4.99 Å². The first kappa shape index (κ1) is 13.8. The molecule has 0 bridgehead atoms. The fourth-order valence-corrected chi connectivity index (χ4v) is 1.49. The Morgan fingerprint density at radius 3 is 2.65 bits per heavy atom. The SMILES string of the molecule is CCN=C(N)Nc1cc(C(F)(F)F)ccc1Br.